The van der Waals surface area contributed by atoms with Gasteiger partial charge in [0, 0.05) is 23.5 Å². The zero-order chi connectivity index (χ0) is 13.0. The van der Waals surface area contributed by atoms with Crippen LogP contribution in [0.3, 0.4) is 0 Å². The van der Waals surface area contributed by atoms with E-state index in [0.717, 1.165) is 11.0 Å². The topological polar surface area (TPSA) is 50.4 Å². The van der Waals surface area contributed by atoms with Crippen molar-refractivity contribution < 1.29 is 9.53 Å². The van der Waals surface area contributed by atoms with Crippen LogP contribution in [0.5, 0.6) is 0 Å². The summed E-state index contributed by atoms with van der Waals surface area (Å²) in [6.07, 6.45) is 0.381. The molecule has 0 saturated carbocycles. The number of carbonyl (C=O) groups is 1. The molecule has 1 amide bonds. The van der Waals surface area contributed by atoms with Gasteiger partial charge in [0.1, 0.15) is 0 Å². The smallest absolute Gasteiger partial charge is 0.226 e. The summed E-state index contributed by atoms with van der Waals surface area (Å²) in [6.45, 7) is 2.06. The maximum atomic E-state index is 11.8. The first-order valence-electron chi connectivity index (χ1n) is 5.71. The molecular formula is C12H14BrClN2O2. The number of halogens is 2. The van der Waals surface area contributed by atoms with Crippen molar-refractivity contribution in [2.45, 2.75) is 12.5 Å². The standard InChI is InChI=1S/C12H14BrClN2O2/c13-8-1-2-11(10(14)5-8)16-12(17)6-9-7-18-4-3-15-9/h1-2,5,9,15H,3-4,6-7H2,(H,16,17). The monoisotopic (exact) mass is 332 g/mol. The van der Waals surface area contributed by atoms with E-state index in [1.807, 2.05) is 6.07 Å². The molecule has 1 fully saturated rings. The first-order chi connectivity index (χ1) is 8.65. The minimum absolute atomic E-state index is 0.0674. The molecule has 1 atom stereocenters. The summed E-state index contributed by atoms with van der Waals surface area (Å²) in [4.78, 5) is 11.8. The van der Waals surface area contributed by atoms with E-state index in [-0.39, 0.29) is 11.9 Å². The Morgan fingerprint density at radius 3 is 3.11 bits per heavy atom. The van der Waals surface area contributed by atoms with Gasteiger partial charge in [0.25, 0.3) is 0 Å². The van der Waals surface area contributed by atoms with Crippen LogP contribution in [0.2, 0.25) is 5.02 Å². The molecule has 2 N–H and O–H groups in total. The van der Waals surface area contributed by atoms with Crippen molar-refractivity contribution in [2.24, 2.45) is 0 Å². The van der Waals surface area contributed by atoms with Crippen molar-refractivity contribution in [2.75, 3.05) is 25.1 Å². The number of amides is 1. The number of hydrogen-bond donors (Lipinski definition) is 2. The van der Waals surface area contributed by atoms with E-state index in [0.29, 0.717) is 30.3 Å². The quantitative estimate of drug-likeness (QED) is 0.893. The highest BCUT2D eigenvalue weighted by atomic mass is 79.9. The van der Waals surface area contributed by atoms with Crippen LogP contribution in [-0.2, 0) is 9.53 Å². The third kappa shape index (κ3) is 3.95. The molecule has 0 aromatic heterocycles. The van der Waals surface area contributed by atoms with Crippen LogP contribution in [0.4, 0.5) is 5.69 Å². The maximum Gasteiger partial charge on any atom is 0.226 e. The predicted molar refractivity (Wildman–Crippen MR) is 75.0 cm³/mol. The molecule has 1 aromatic carbocycles. The molecule has 4 nitrogen and oxygen atoms in total. The molecule has 1 aromatic rings. The molecule has 0 radical (unpaired) electrons. The van der Waals surface area contributed by atoms with Gasteiger partial charge in [-0.05, 0) is 18.2 Å². The molecule has 1 heterocycles. The Morgan fingerprint density at radius 1 is 1.61 bits per heavy atom. The molecule has 98 valence electrons. The molecule has 1 aliphatic rings. The fourth-order valence-electron chi connectivity index (χ4n) is 1.77. The van der Waals surface area contributed by atoms with E-state index in [2.05, 4.69) is 26.6 Å². The number of carbonyl (C=O) groups excluding carboxylic acids is 1. The van der Waals surface area contributed by atoms with Crippen molar-refractivity contribution in [3.05, 3.63) is 27.7 Å². The number of anilines is 1. The summed E-state index contributed by atoms with van der Waals surface area (Å²) in [5, 5.41) is 6.55. The Hall–Kier alpha value is -0.620. The molecule has 0 bridgehead atoms. The highest BCUT2D eigenvalue weighted by molar-refractivity contribution is 9.10. The predicted octanol–water partition coefficient (Wildman–Crippen LogP) is 2.42. The van der Waals surface area contributed by atoms with E-state index >= 15 is 0 Å². The SMILES string of the molecule is O=C(CC1COCCN1)Nc1ccc(Br)cc1Cl. The van der Waals surface area contributed by atoms with Crippen molar-refractivity contribution in [1.29, 1.82) is 0 Å². The van der Waals surface area contributed by atoms with Crippen LogP contribution in [0, 0.1) is 0 Å². The van der Waals surface area contributed by atoms with E-state index in [1.54, 1.807) is 12.1 Å². The van der Waals surface area contributed by atoms with Crippen LogP contribution in [0.25, 0.3) is 0 Å². The fraction of sp³-hybridized carbons (Fsp3) is 0.417. The second-order valence-electron chi connectivity index (χ2n) is 4.10. The average molecular weight is 334 g/mol. The van der Waals surface area contributed by atoms with Gasteiger partial charge in [-0.25, -0.2) is 0 Å². The van der Waals surface area contributed by atoms with E-state index in [4.69, 9.17) is 16.3 Å². The molecule has 18 heavy (non-hydrogen) atoms. The van der Waals surface area contributed by atoms with Crippen molar-refractivity contribution >= 4 is 39.1 Å². The number of benzene rings is 1. The maximum absolute atomic E-state index is 11.8. The van der Waals surface area contributed by atoms with Gasteiger partial charge < -0.3 is 15.4 Å². The summed E-state index contributed by atoms with van der Waals surface area (Å²) < 4.78 is 6.18. The molecule has 2 rings (SSSR count). The molecular weight excluding hydrogens is 320 g/mol. The molecule has 0 aliphatic carbocycles. The lowest BCUT2D eigenvalue weighted by atomic mass is 10.2. The van der Waals surface area contributed by atoms with E-state index in [9.17, 15) is 4.79 Å². The number of nitrogens with one attached hydrogen (secondary N) is 2. The summed E-state index contributed by atoms with van der Waals surface area (Å²) in [5.74, 6) is -0.0674. The Kier molecular flexibility index (Phi) is 5.00. The number of hydrogen-bond acceptors (Lipinski definition) is 3. The van der Waals surface area contributed by atoms with Gasteiger partial charge in [0.2, 0.25) is 5.91 Å². The first kappa shape index (κ1) is 13.8. The number of morpholine rings is 1. The molecule has 0 spiro atoms. The van der Waals surface area contributed by atoms with Crippen LogP contribution in [0.15, 0.2) is 22.7 Å². The Balaban J connectivity index is 1.90. The fourth-order valence-corrected chi connectivity index (χ4v) is 2.49. The summed E-state index contributed by atoms with van der Waals surface area (Å²) in [7, 11) is 0. The molecule has 1 saturated heterocycles. The lowest BCUT2D eigenvalue weighted by Crippen LogP contribution is -2.43. The zero-order valence-electron chi connectivity index (χ0n) is 9.71. The van der Waals surface area contributed by atoms with E-state index in [1.165, 1.54) is 0 Å². The zero-order valence-corrected chi connectivity index (χ0v) is 12.1. The van der Waals surface area contributed by atoms with Gasteiger partial charge in [-0.2, -0.15) is 0 Å². The molecule has 1 unspecified atom stereocenters. The van der Waals surface area contributed by atoms with Gasteiger partial charge >= 0.3 is 0 Å². The Labute approximate surface area is 119 Å². The normalized spacial score (nSPS) is 19.6. The second kappa shape index (κ2) is 6.52. The minimum Gasteiger partial charge on any atom is -0.378 e. The van der Waals surface area contributed by atoms with Crippen LogP contribution < -0.4 is 10.6 Å². The third-order valence-corrected chi connectivity index (χ3v) is 3.44. The summed E-state index contributed by atoms with van der Waals surface area (Å²) in [5.41, 5.74) is 0.626. The van der Waals surface area contributed by atoms with E-state index < -0.39 is 0 Å². The minimum atomic E-state index is -0.0674. The highest BCUT2D eigenvalue weighted by Crippen LogP contribution is 2.25. The van der Waals surface area contributed by atoms with Crippen molar-refractivity contribution in [1.82, 2.24) is 5.32 Å². The Morgan fingerprint density at radius 2 is 2.44 bits per heavy atom. The Bertz CT molecular complexity index is 436. The van der Waals surface area contributed by atoms with Gasteiger partial charge in [-0.15, -0.1) is 0 Å². The van der Waals surface area contributed by atoms with Crippen LogP contribution in [-0.4, -0.2) is 31.7 Å². The van der Waals surface area contributed by atoms with Crippen molar-refractivity contribution in [3.63, 3.8) is 0 Å². The second-order valence-corrected chi connectivity index (χ2v) is 5.43. The highest BCUT2D eigenvalue weighted by Gasteiger charge is 2.17. The molecule has 1 aliphatic heterocycles. The van der Waals surface area contributed by atoms with Gasteiger partial charge in [0.05, 0.1) is 23.9 Å². The average Bonchev–Trinajstić information content (AvgIpc) is 2.34. The molecule has 6 heteroatoms. The number of ether oxygens (including phenoxy) is 1. The first-order valence-corrected chi connectivity index (χ1v) is 6.88. The van der Waals surface area contributed by atoms with Gasteiger partial charge in [0.15, 0.2) is 0 Å². The van der Waals surface area contributed by atoms with Crippen molar-refractivity contribution in [3.8, 4) is 0 Å². The lowest BCUT2D eigenvalue weighted by Gasteiger charge is -2.23. The van der Waals surface area contributed by atoms with Crippen LogP contribution in [0.1, 0.15) is 6.42 Å². The largest absolute Gasteiger partial charge is 0.378 e. The lowest BCUT2D eigenvalue weighted by molar-refractivity contribution is -0.117. The van der Waals surface area contributed by atoms with Gasteiger partial charge in [-0.3, -0.25) is 4.79 Å². The number of rotatable bonds is 3. The van der Waals surface area contributed by atoms with Gasteiger partial charge in [-0.1, -0.05) is 27.5 Å². The van der Waals surface area contributed by atoms with Crippen LogP contribution >= 0.6 is 27.5 Å². The summed E-state index contributed by atoms with van der Waals surface area (Å²) in [6, 6.07) is 5.44. The summed E-state index contributed by atoms with van der Waals surface area (Å²) >= 11 is 9.35. The third-order valence-electron chi connectivity index (χ3n) is 2.64.